The Morgan fingerprint density at radius 3 is 2.57 bits per heavy atom. The molecule has 6 heteroatoms. The van der Waals surface area contributed by atoms with Gasteiger partial charge in [-0.3, -0.25) is 9.89 Å². The second-order valence-corrected chi connectivity index (χ2v) is 5.56. The van der Waals surface area contributed by atoms with Gasteiger partial charge in [0.1, 0.15) is 6.61 Å². The van der Waals surface area contributed by atoms with E-state index >= 15 is 0 Å². The molecule has 0 radical (unpaired) electrons. The minimum absolute atomic E-state index is 0.166. The average Bonchev–Trinajstić information content (AvgIpc) is 2.87. The Balaban J connectivity index is 1.74. The van der Waals surface area contributed by atoms with Gasteiger partial charge in [-0.1, -0.05) is 23.8 Å². The van der Waals surface area contributed by atoms with Crippen LogP contribution in [0.15, 0.2) is 41.2 Å². The van der Waals surface area contributed by atoms with Crippen LogP contribution in [0.2, 0.25) is 0 Å². The molecule has 3 aromatic rings. The molecule has 0 aliphatic heterocycles. The van der Waals surface area contributed by atoms with E-state index in [0.29, 0.717) is 18.3 Å². The van der Waals surface area contributed by atoms with Crippen LogP contribution in [0.3, 0.4) is 0 Å². The Kier molecular flexibility index (Phi) is 3.97. The zero-order valence-electron chi connectivity index (χ0n) is 13.3. The topological polar surface area (TPSA) is 72.8 Å². The highest BCUT2D eigenvalue weighted by Crippen LogP contribution is 2.14. The molecule has 0 unspecified atom stereocenters. The number of hydrogen-bond donors (Lipinski definition) is 1. The van der Waals surface area contributed by atoms with Gasteiger partial charge in [-0.25, -0.2) is 0 Å². The van der Waals surface area contributed by atoms with Crippen molar-refractivity contribution in [2.45, 2.75) is 27.4 Å². The van der Waals surface area contributed by atoms with Crippen molar-refractivity contribution in [2.75, 3.05) is 0 Å². The summed E-state index contributed by atoms with van der Waals surface area (Å²) in [6.45, 7) is 6.34. The Morgan fingerprint density at radius 2 is 1.91 bits per heavy atom. The summed E-state index contributed by atoms with van der Waals surface area (Å²) in [5, 5.41) is 11.0. The monoisotopic (exact) mass is 310 g/mol. The number of hydrogen-bond acceptors (Lipinski definition) is 4. The highest BCUT2D eigenvalue weighted by molar-refractivity contribution is 5.30. The highest BCUT2D eigenvalue weighted by atomic mass is 16.5. The van der Waals surface area contributed by atoms with Gasteiger partial charge in [0.25, 0.3) is 5.56 Å². The van der Waals surface area contributed by atoms with Crippen LogP contribution >= 0.6 is 0 Å². The van der Waals surface area contributed by atoms with Crippen LogP contribution in [0.1, 0.15) is 22.4 Å². The first-order valence-electron chi connectivity index (χ1n) is 7.34. The number of H-pyrrole nitrogens is 1. The van der Waals surface area contributed by atoms with E-state index in [0.717, 1.165) is 11.3 Å². The summed E-state index contributed by atoms with van der Waals surface area (Å²) in [6, 6.07) is 11.1. The lowest BCUT2D eigenvalue weighted by Crippen LogP contribution is -2.15. The van der Waals surface area contributed by atoms with Crippen LogP contribution in [0.25, 0.3) is 5.82 Å². The molecule has 1 aromatic carbocycles. The third-order valence-electron chi connectivity index (χ3n) is 3.58. The molecule has 118 valence electrons. The second kappa shape index (κ2) is 6.08. The fourth-order valence-electron chi connectivity index (χ4n) is 2.30. The number of aryl methyl sites for hydroxylation is 3. The molecule has 0 aliphatic rings. The molecule has 0 spiro atoms. The molecular formula is C17H18N4O2. The normalized spacial score (nSPS) is 10.7. The molecular weight excluding hydrogens is 292 g/mol. The van der Waals surface area contributed by atoms with Gasteiger partial charge in [-0.05, 0) is 38.0 Å². The summed E-state index contributed by atoms with van der Waals surface area (Å²) in [4.78, 5) is 11.7. The molecule has 0 saturated heterocycles. The number of aromatic nitrogens is 4. The fourth-order valence-corrected chi connectivity index (χ4v) is 2.30. The van der Waals surface area contributed by atoms with Crippen LogP contribution in [-0.2, 0) is 6.61 Å². The lowest BCUT2D eigenvalue weighted by molar-refractivity contribution is 0.289. The second-order valence-electron chi connectivity index (χ2n) is 5.56. The number of aromatic amines is 1. The van der Waals surface area contributed by atoms with Gasteiger partial charge in [-0.2, -0.15) is 4.68 Å². The summed E-state index contributed by atoms with van der Waals surface area (Å²) in [5.41, 5.74) is 4.09. The third kappa shape index (κ3) is 3.31. The lowest BCUT2D eigenvalue weighted by atomic mass is 10.1. The molecule has 6 nitrogen and oxygen atoms in total. The highest BCUT2D eigenvalue weighted by Gasteiger charge is 2.06. The van der Waals surface area contributed by atoms with Crippen molar-refractivity contribution in [2.24, 2.45) is 0 Å². The van der Waals surface area contributed by atoms with Crippen LogP contribution in [0, 0.1) is 20.8 Å². The molecule has 0 amide bonds. The van der Waals surface area contributed by atoms with Gasteiger partial charge in [-0.15, -0.1) is 10.2 Å². The molecule has 1 N–H and O–H groups in total. The van der Waals surface area contributed by atoms with E-state index in [1.807, 2.05) is 20.8 Å². The molecule has 0 atom stereocenters. The summed E-state index contributed by atoms with van der Waals surface area (Å²) in [6.07, 6.45) is 0. The third-order valence-corrected chi connectivity index (χ3v) is 3.58. The summed E-state index contributed by atoms with van der Waals surface area (Å²) < 4.78 is 7.03. The standard InChI is InChI=1S/C17H18N4O2/c1-11-4-5-12(2)14(8-11)10-23-16-7-6-15(18-19-16)21-17(22)9-13(3)20-21/h4-9,20H,10H2,1-3H3. The van der Waals surface area contributed by atoms with Crippen molar-refractivity contribution in [3.8, 4) is 11.7 Å². The number of benzene rings is 1. The van der Waals surface area contributed by atoms with E-state index in [2.05, 4.69) is 33.5 Å². The molecule has 23 heavy (non-hydrogen) atoms. The molecule has 2 aromatic heterocycles. The first-order chi connectivity index (χ1) is 11.0. The van der Waals surface area contributed by atoms with Crippen molar-refractivity contribution < 1.29 is 4.74 Å². The summed E-state index contributed by atoms with van der Waals surface area (Å²) >= 11 is 0. The Bertz CT molecular complexity index is 878. The number of nitrogens with zero attached hydrogens (tertiary/aromatic N) is 3. The quantitative estimate of drug-likeness (QED) is 0.803. The fraction of sp³-hybridized carbons (Fsp3) is 0.235. The maximum Gasteiger partial charge on any atom is 0.272 e. The van der Waals surface area contributed by atoms with Gasteiger partial charge >= 0.3 is 0 Å². The van der Waals surface area contributed by atoms with Gasteiger partial charge in [0.2, 0.25) is 5.88 Å². The van der Waals surface area contributed by atoms with Crippen LogP contribution in [-0.4, -0.2) is 20.0 Å². The van der Waals surface area contributed by atoms with E-state index in [-0.39, 0.29) is 5.56 Å². The summed E-state index contributed by atoms with van der Waals surface area (Å²) in [7, 11) is 0. The lowest BCUT2D eigenvalue weighted by Gasteiger charge is -2.09. The first-order valence-corrected chi connectivity index (χ1v) is 7.34. The molecule has 3 rings (SSSR count). The summed E-state index contributed by atoms with van der Waals surface area (Å²) in [5.74, 6) is 0.855. The Labute approximate surface area is 133 Å². The minimum Gasteiger partial charge on any atom is -0.472 e. The van der Waals surface area contributed by atoms with Gasteiger partial charge in [0, 0.05) is 17.8 Å². The van der Waals surface area contributed by atoms with Gasteiger partial charge in [0.15, 0.2) is 5.82 Å². The van der Waals surface area contributed by atoms with E-state index in [9.17, 15) is 4.79 Å². The van der Waals surface area contributed by atoms with E-state index in [4.69, 9.17) is 4.74 Å². The number of rotatable bonds is 4. The van der Waals surface area contributed by atoms with Crippen molar-refractivity contribution in [1.29, 1.82) is 0 Å². The van der Waals surface area contributed by atoms with Crippen molar-refractivity contribution in [1.82, 2.24) is 20.0 Å². The number of nitrogens with one attached hydrogen (secondary N) is 1. The van der Waals surface area contributed by atoms with E-state index < -0.39 is 0 Å². The minimum atomic E-state index is -0.166. The predicted octanol–water partition coefficient (Wildman–Crippen LogP) is 2.46. The van der Waals surface area contributed by atoms with Gasteiger partial charge < -0.3 is 4.74 Å². The van der Waals surface area contributed by atoms with Gasteiger partial charge in [0.05, 0.1) is 0 Å². The van der Waals surface area contributed by atoms with Crippen molar-refractivity contribution in [3.63, 3.8) is 0 Å². The Morgan fingerprint density at radius 1 is 1.09 bits per heavy atom. The smallest absolute Gasteiger partial charge is 0.272 e. The SMILES string of the molecule is Cc1ccc(C)c(COc2ccc(-n3[nH]c(C)cc3=O)nn2)c1. The van der Waals surface area contributed by atoms with Crippen LogP contribution in [0.5, 0.6) is 5.88 Å². The zero-order valence-corrected chi connectivity index (χ0v) is 13.3. The first kappa shape index (κ1) is 15.0. The van der Waals surface area contributed by atoms with E-state index in [1.165, 1.54) is 21.9 Å². The molecule has 2 heterocycles. The van der Waals surface area contributed by atoms with Crippen LogP contribution < -0.4 is 10.3 Å². The largest absolute Gasteiger partial charge is 0.472 e. The predicted molar refractivity (Wildman–Crippen MR) is 87.0 cm³/mol. The maximum atomic E-state index is 11.7. The van der Waals surface area contributed by atoms with Crippen LogP contribution in [0.4, 0.5) is 0 Å². The number of ether oxygens (including phenoxy) is 1. The van der Waals surface area contributed by atoms with Crippen molar-refractivity contribution >= 4 is 0 Å². The molecule has 0 bridgehead atoms. The average molecular weight is 310 g/mol. The molecule has 0 saturated carbocycles. The molecule has 0 aliphatic carbocycles. The van der Waals surface area contributed by atoms with E-state index in [1.54, 1.807) is 12.1 Å². The van der Waals surface area contributed by atoms with Crippen molar-refractivity contribution in [3.05, 3.63) is 69.1 Å². The maximum absolute atomic E-state index is 11.7. The Hall–Kier alpha value is -2.89. The zero-order chi connectivity index (χ0) is 16.4. The molecule has 0 fully saturated rings.